The second kappa shape index (κ2) is 5.88. The molecule has 0 spiro atoms. The van der Waals surface area contributed by atoms with Gasteiger partial charge >= 0.3 is 0 Å². The molecule has 0 radical (unpaired) electrons. The van der Waals surface area contributed by atoms with E-state index in [0.717, 1.165) is 0 Å². The van der Waals surface area contributed by atoms with Crippen molar-refractivity contribution in [3.05, 3.63) is 32.8 Å². The van der Waals surface area contributed by atoms with Crippen LogP contribution in [0.5, 0.6) is 0 Å². The number of amides is 1. The van der Waals surface area contributed by atoms with Crippen LogP contribution in [0.4, 0.5) is 11.4 Å². The van der Waals surface area contributed by atoms with E-state index in [-0.39, 0.29) is 23.7 Å². The van der Waals surface area contributed by atoms with E-state index < -0.39 is 4.92 Å². The minimum Gasteiger partial charge on any atom is -0.310 e. The minimum absolute atomic E-state index is 0.0173. The molecule has 7 heteroatoms. The predicted octanol–water partition coefficient (Wildman–Crippen LogP) is 2.46. The van der Waals surface area contributed by atoms with Gasteiger partial charge in [0.05, 0.1) is 16.7 Å². The zero-order chi connectivity index (χ0) is 14.9. The van der Waals surface area contributed by atoms with E-state index in [4.69, 9.17) is 0 Å². The first-order valence-corrected chi connectivity index (χ1v) is 7.21. The number of benzene rings is 1. The maximum Gasteiger partial charge on any atom is 0.271 e. The Bertz CT molecular complexity index is 548. The van der Waals surface area contributed by atoms with E-state index in [0.29, 0.717) is 23.1 Å². The van der Waals surface area contributed by atoms with Crippen molar-refractivity contribution in [2.24, 2.45) is 0 Å². The number of non-ortho nitro benzene ring substituents is 1. The molecule has 0 aromatic heterocycles. The van der Waals surface area contributed by atoms with Crippen LogP contribution in [0, 0.1) is 10.1 Å². The number of nitrogens with one attached hydrogen (secondary N) is 1. The fourth-order valence-electron chi connectivity index (χ4n) is 2.30. The third kappa shape index (κ3) is 2.99. The van der Waals surface area contributed by atoms with Crippen molar-refractivity contribution < 1.29 is 9.72 Å². The SMILES string of the molecule is CC(C)NC1CCN(c2cc([N+](=O)[O-])ccc2Br)C1=O. The molecule has 1 amide bonds. The fraction of sp³-hybridized carbons (Fsp3) is 0.462. The van der Waals surface area contributed by atoms with Crippen molar-refractivity contribution in [2.75, 3.05) is 11.4 Å². The van der Waals surface area contributed by atoms with Gasteiger partial charge in [0.25, 0.3) is 5.69 Å². The zero-order valence-corrected chi connectivity index (χ0v) is 12.9. The van der Waals surface area contributed by atoms with Gasteiger partial charge in [0, 0.05) is 29.2 Å². The second-order valence-corrected chi connectivity index (χ2v) is 5.90. The van der Waals surface area contributed by atoms with Crippen LogP contribution in [0.15, 0.2) is 22.7 Å². The quantitative estimate of drug-likeness (QED) is 0.674. The largest absolute Gasteiger partial charge is 0.310 e. The Hall–Kier alpha value is -1.47. The van der Waals surface area contributed by atoms with E-state index in [1.807, 2.05) is 13.8 Å². The highest BCUT2D eigenvalue weighted by Gasteiger charge is 2.34. The molecule has 1 unspecified atom stereocenters. The first-order chi connectivity index (χ1) is 9.40. The summed E-state index contributed by atoms with van der Waals surface area (Å²) in [5.74, 6) is -0.0418. The number of nitrogens with zero attached hydrogens (tertiary/aromatic N) is 2. The molecule has 0 saturated carbocycles. The number of halogens is 1. The molecular weight excluding hydrogens is 326 g/mol. The summed E-state index contributed by atoms with van der Waals surface area (Å²) in [6.07, 6.45) is 0.701. The van der Waals surface area contributed by atoms with Crippen LogP contribution in [0.25, 0.3) is 0 Å². The molecule has 1 atom stereocenters. The van der Waals surface area contributed by atoms with E-state index >= 15 is 0 Å². The third-order valence-electron chi connectivity index (χ3n) is 3.17. The predicted molar refractivity (Wildman–Crippen MR) is 79.8 cm³/mol. The Balaban J connectivity index is 2.26. The number of rotatable bonds is 4. The molecule has 1 fully saturated rings. The standard InChI is InChI=1S/C13H16BrN3O3/c1-8(2)15-11-5-6-16(13(11)18)12-7-9(17(19)20)3-4-10(12)14/h3-4,7-8,11,15H,5-6H2,1-2H3. The average molecular weight is 342 g/mol. The van der Waals surface area contributed by atoms with Crippen molar-refractivity contribution in [1.82, 2.24) is 5.32 Å². The van der Waals surface area contributed by atoms with Gasteiger partial charge in [-0.3, -0.25) is 14.9 Å². The summed E-state index contributed by atoms with van der Waals surface area (Å²) in [6.45, 7) is 4.53. The van der Waals surface area contributed by atoms with E-state index in [1.165, 1.54) is 12.1 Å². The molecule has 1 aliphatic heterocycles. The Kier molecular flexibility index (Phi) is 4.39. The maximum atomic E-state index is 12.3. The number of carbonyl (C=O) groups excluding carboxylic acids is 1. The number of nitro benzene ring substituents is 1. The van der Waals surface area contributed by atoms with Gasteiger partial charge in [0.1, 0.15) is 0 Å². The van der Waals surface area contributed by atoms with Crippen molar-refractivity contribution in [1.29, 1.82) is 0 Å². The Morgan fingerprint density at radius 1 is 1.50 bits per heavy atom. The van der Waals surface area contributed by atoms with Gasteiger partial charge in [-0.25, -0.2) is 0 Å². The second-order valence-electron chi connectivity index (χ2n) is 5.05. The smallest absolute Gasteiger partial charge is 0.271 e. The first kappa shape index (κ1) is 14.9. The van der Waals surface area contributed by atoms with E-state index in [1.54, 1.807) is 11.0 Å². The summed E-state index contributed by atoms with van der Waals surface area (Å²) in [4.78, 5) is 24.3. The van der Waals surface area contributed by atoms with Gasteiger partial charge < -0.3 is 10.2 Å². The number of hydrogen-bond acceptors (Lipinski definition) is 4. The van der Waals surface area contributed by atoms with Crippen molar-refractivity contribution in [3.8, 4) is 0 Å². The minimum atomic E-state index is -0.458. The molecule has 20 heavy (non-hydrogen) atoms. The van der Waals surface area contributed by atoms with Gasteiger partial charge in [-0.05, 0) is 28.4 Å². The molecule has 2 rings (SSSR count). The molecule has 1 N–H and O–H groups in total. The van der Waals surface area contributed by atoms with Gasteiger partial charge in [-0.15, -0.1) is 0 Å². The van der Waals surface area contributed by atoms with Crippen LogP contribution in [-0.4, -0.2) is 29.5 Å². The van der Waals surface area contributed by atoms with Crippen molar-refractivity contribution in [2.45, 2.75) is 32.4 Å². The van der Waals surface area contributed by atoms with Crippen LogP contribution in [-0.2, 0) is 4.79 Å². The first-order valence-electron chi connectivity index (χ1n) is 6.41. The monoisotopic (exact) mass is 341 g/mol. The lowest BCUT2D eigenvalue weighted by Gasteiger charge is -2.19. The lowest BCUT2D eigenvalue weighted by molar-refractivity contribution is -0.384. The van der Waals surface area contributed by atoms with Gasteiger partial charge in [-0.2, -0.15) is 0 Å². The molecule has 108 valence electrons. The number of anilines is 1. The molecule has 0 aliphatic carbocycles. The summed E-state index contributed by atoms with van der Waals surface area (Å²) in [5, 5.41) is 14.1. The topological polar surface area (TPSA) is 75.5 Å². The highest BCUT2D eigenvalue weighted by molar-refractivity contribution is 9.10. The molecule has 0 bridgehead atoms. The Morgan fingerprint density at radius 2 is 2.20 bits per heavy atom. The van der Waals surface area contributed by atoms with Crippen LogP contribution in [0.1, 0.15) is 20.3 Å². The molecule has 1 aliphatic rings. The number of nitro groups is 1. The van der Waals surface area contributed by atoms with Gasteiger partial charge in [0.15, 0.2) is 0 Å². The fourth-order valence-corrected chi connectivity index (χ4v) is 2.76. The van der Waals surface area contributed by atoms with Crippen molar-refractivity contribution >= 4 is 33.2 Å². The van der Waals surface area contributed by atoms with Crippen molar-refractivity contribution in [3.63, 3.8) is 0 Å². The van der Waals surface area contributed by atoms with Gasteiger partial charge in [-0.1, -0.05) is 13.8 Å². The Morgan fingerprint density at radius 3 is 2.80 bits per heavy atom. The van der Waals surface area contributed by atoms with Crippen LogP contribution < -0.4 is 10.2 Å². The summed E-state index contributed by atoms with van der Waals surface area (Å²) >= 11 is 3.35. The lowest BCUT2D eigenvalue weighted by atomic mass is 10.2. The molecule has 1 saturated heterocycles. The average Bonchev–Trinajstić information content (AvgIpc) is 2.71. The normalized spacial score (nSPS) is 18.9. The number of carbonyl (C=O) groups is 1. The maximum absolute atomic E-state index is 12.3. The summed E-state index contributed by atoms with van der Waals surface area (Å²) < 4.78 is 0.682. The Labute approximate surface area is 125 Å². The molecule has 1 heterocycles. The van der Waals surface area contributed by atoms with Crippen LogP contribution in [0.3, 0.4) is 0 Å². The van der Waals surface area contributed by atoms with Gasteiger partial charge in [0.2, 0.25) is 5.91 Å². The summed E-state index contributed by atoms with van der Waals surface area (Å²) in [7, 11) is 0. The highest BCUT2D eigenvalue weighted by atomic mass is 79.9. The molecular formula is C13H16BrN3O3. The number of hydrogen-bond donors (Lipinski definition) is 1. The van der Waals surface area contributed by atoms with E-state index in [2.05, 4.69) is 21.2 Å². The third-order valence-corrected chi connectivity index (χ3v) is 3.84. The lowest BCUT2D eigenvalue weighted by Crippen LogP contribution is -2.41. The summed E-state index contributed by atoms with van der Waals surface area (Å²) in [6, 6.07) is 4.44. The van der Waals surface area contributed by atoms with E-state index in [9.17, 15) is 14.9 Å². The molecule has 6 nitrogen and oxygen atoms in total. The highest BCUT2D eigenvalue weighted by Crippen LogP contribution is 2.33. The summed E-state index contributed by atoms with van der Waals surface area (Å²) in [5.41, 5.74) is 0.536. The molecule has 1 aromatic carbocycles. The van der Waals surface area contributed by atoms with Crippen LogP contribution >= 0.6 is 15.9 Å². The molecule has 1 aromatic rings. The zero-order valence-electron chi connectivity index (χ0n) is 11.3. The van der Waals surface area contributed by atoms with Crippen LogP contribution in [0.2, 0.25) is 0 Å².